The summed E-state index contributed by atoms with van der Waals surface area (Å²) >= 11 is 0. The minimum atomic E-state index is 0.00169. The van der Waals surface area contributed by atoms with Crippen LogP contribution in [-0.4, -0.2) is 11.8 Å². The number of benzene rings is 3. The van der Waals surface area contributed by atoms with E-state index < -0.39 is 0 Å². The number of carbonyl (C=O) groups is 2. The molecule has 1 N–H and O–H groups in total. The van der Waals surface area contributed by atoms with E-state index in [1.807, 2.05) is 83.8 Å². The third-order valence-electron chi connectivity index (χ3n) is 5.23. The standard InChI is InChI=1S/C25H24N2O2/c28-24(15-11-19-7-3-1-4-8-19)26-22-13-14-23-21(17-22)12-16-25(29)27(23)18-20-9-5-2-6-10-20/h1-10,13-14,17H,11-12,15-16,18H2,(H,26,28). The predicted molar refractivity (Wildman–Crippen MR) is 116 cm³/mol. The fourth-order valence-electron chi connectivity index (χ4n) is 3.70. The molecule has 0 spiro atoms. The monoisotopic (exact) mass is 384 g/mol. The van der Waals surface area contributed by atoms with Gasteiger partial charge in [0.25, 0.3) is 0 Å². The molecule has 1 heterocycles. The summed E-state index contributed by atoms with van der Waals surface area (Å²) in [5.74, 6) is 0.142. The maximum atomic E-state index is 12.5. The average Bonchev–Trinajstić information content (AvgIpc) is 2.76. The average molecular weight is 384 g/mol. The number of aryl methyl sites for hydroxylation is 2. The van der Waals surface area contributed by atoms with Gasteiger partial charge in [0.1, 0.15) is 0 Å². The Balaban J connectivity index is 1.43. The Morgan fingerprint density at radius 3 is 2.28 bits per heavy atom. The Hall–Kier alpha value is -3.40. The molecule has 0 aliphatic carbocycles. The molecule has 4 rings (SSSR count). The highest BCUT2D eigenvalue weighted by atomic mass is 16.2. The summed E-state index contributed by atoms with van der Waals surface area (Å²) < 4.78 is 0. The van der Waals surface area contributed by atoms with Gasteiger partial charge in [0.15, 0.2) is 0 Å². The summed E-state index contributed by atoms with van der Waals surface area (Å²) in [6.07, 6.45) is 2.36. The maximum absolute atomic E-state index is 12.5. The van der Waals surface area contributed by atoms with Crippen LogP contribution < -0.4 is 10.2 Å². The van der Waals surface area contributed by atoms with Gasteiger partial charge in [-0.25, -0.2) is 0 Å². The van der Waals surface area contributed by atoms with E-state index >= 15 is 0 Å². The van der Waals surface area contributed by atoms with E-state index in [1.54, 1.807) is 0 Å². The van der Waals surface area contributed by atoms with Crippen LogP contribution >= 0.6 is 0 Å². The van der Waals surface area contributed by atoms with Crippen molar-refractivity contribution >= 4 is 23.2 Å². The molecule has 1 aliphatic rings. The highest BCUT2D eigenvalue weighted by molar-refractivity contribution is 5.97. The number of amides is 2. The fourth-order valence-corrected chi connectivity index (χ4v) is 3.70. The predicted octanol–water partition coefficient (Wildman–Crippen LogP) is 4.74. The molecule has 4 nitrogen and oxygen atoms in total. The lowest BCUT2D eigenvalue weighted by Crippen LogP contribution is -2.34. The van der Waals surface area contributed by atoms with E-state index in [2.05, 4.69) is 5.32 Å². The normalized spacial score (nSPS) is 13.1. The zero-order chi connectivity index (χ0) is 20.1. The minimum Gasteiger partial charge on any atom is -0.326 e. The first-order chi connectivity index (χ1) is 14.2. The quantitative estimate of drug-likeness (QED) is 0.667. The van der Waals surface area contributed by atoms with Crippen LogP contribution in [0.15, 0.2) is 78.9 Å². The van der Waals surface area contributed by atoms with E-state index in [4.69, 9.17) is 0 Å². The topological polar surface area (TPSA) is 49.4 Å². The molecule has 0 aromatic heterocycles. The van der Waals surface area contributed by atoms with Crippen molar-refractivity contribution < 1.29 is 9.59 Å². The molecule has 0 saturated carbocycles. The molecule has 0 fully saturated rings. The first-order valence-electron chi connectivity index (χ1n) is 10.00. The van der Waals surface area contributed by atoms with Crippen molar-refractivity contribution in [2.45, 2.75) is 32.2 Å². The first-order valence-corrected chi connectivity index (χ1v) is 10.00. The molecule has 0 atom stereocenters. The molecular formula is C25H24N2O2. The van der Waals surface area contributed by atoms with Crippen LogP contribution in [0.1, 0.15) is 29.5 Å². The smallest absolute Gasteiger partial charge is 0.227 e. The lowest BCUT2D eigenvalue weighted by molar-refractivity contribution is -0.119. The number of hydrogen-bond donors (Lipinski definition) is 1. The number of hydrogen-bond acceptors (Lipinski definition) is 2. The number of nitrogens with one attached hydrogen (secondary N) is 1. The SMILES string of the molecule is O=C(CCc1ccccc1)Nc1ccc2c(c1)CCC(=O)N2Cc1ccccc1. The third kappa shape index (κ3) is 4.72. The highest BCUT2D eigenvalue weighted by Crippen LogP contribution is 2.31. The summed E-state index contributed by atoms with van der Waals surface area (Å²) in [4.78, 5) is 26.7. The van der Waals surface area contributed by atoms with Crippen LogP contribution in [0.25, 0.3) is 0 Å². The van der Waals surface area contributed by atoms with Crippen molar-refractivity contribution in [3.63, 3.8) is 0 Å². The largest absolute Gasteiger partial charge is 0.326 e. The van der Waals surface area contributed by atoms with Crippen molar-refractivity contribution in [3.8, 4) is 0 Å². The van der Waals surface area contributed by atoms with Gasteiger partial charge in [-0.05, 0) is 47.7 Å². The van der Waals surface area contributed by atoms with Crippen LogP contribution in [0.5, 0.6) is 0 Å². The van der Waals surface area contributed by atoms with Gasteiger partial charge in [-0.3, -0.25) is 9.59 Å². The minimum absolute atomic E-state index is 0.00169. The highest BCUT2D eigenvalue weighted by Gasteiger charge is 2.24. The number of anilines is 2. The van der Waals surface area contributed by atoms with Gasteiger partial charge in [0, 0.05) is 24.2 Å². The zero-order valence-corrected chi connectivity index (χ0v) is 16.3. The molecule has 2 amide bonds. The Bertz CT molecular complexity index is 1000. The second-order valence-corrected chi connectivity index (χ2v) is 7.34. The molecule has 29 heavy (non-hydrogen) atoms. The zero-order valence-electron chi connectivity index (χ0n) is 16.3. The molecule has 3 aromatic rings. The van der Waals surface area contributed by atoms with Crippen LogP contribution in [-0.2, 0) is 29.0 Å². The summed E-state index contributed by atoms with van der Waals surface area (Å²) in [6, 6.07) is 25.8. The van der Waals surface area contributed by atoms with Crippen LogP contribution in [0, 0.1) is 0 Å². The van der Waals surface area contributed by atoms with Gasteiger partial charge in [-0.1, -0.05) is 60.7 Å². The fraction of sp³-hybridized carbons (Fsp3) is 0.200. The lowest BCUT2D eigenvalue weighted by Gasteiger charge is -2.30. The number of carbonyl (C=O) groups excluding carboxylic acids is 2. The molecule has 0 saturated heterocycles. The second-order valence-electron chi connectivity index (χ2n) is 7.34. The Morgan fingerprint density at radius 2 is 1.55 bits per heavy atom. The summed E-state index contributed by atoms with van der Waals surface area (Å²) in [6.45, 7) is 0.565. The van der Waals surface area contributed by atoms with E-state index in [0.717, 1.165) is 34.5 Å². The Kier molecular flexibility index (Phi) is 5.71. The van der Waals surface area contributed by atoms with E-state index in [-0.39, 0.29) is 11.8 Å². The van der Waals surface area contributed by atoms with E-state index in [0.29, 0.717) is 25.8 Å². The van der Waals surface area contributed by atoms with Crippen LogP contribution in [0.2, 0.25) is 0 Å². The molecule has 0 bridgehead atoms. The van der Waals surface area contributed by atoms with Gasteiger partial charge in [-0.2, -0.15) is 0 Å². The molecule has 1 aliphatic heterocycles. The lowest BCUT2D eigenvalue weighted by atomic mass is 9.99. The van der Waals surface area contributed by atoms with Crippen molar-refractivity contribution in [2.24, 2.45) is 0 Å². The number of nitrogens with zero attached hydrogens (tertiary/aromatic N) is 1. The first kappa shape index (κ1) is 18.9. The number of rotatable bonds is 6. The Labute approximate surface area is 171 Å². The van der Waals surface area contributed by atoms with Crippen LogP contribution in [0.3, 0.4) is 0 Å². The molecule has 0 radical (unpaired) electrons. The molecule has 4 heteroatoms. The molecule has 3 aromatic carbocycles. The second kappa shape index (κ2) is 8.74. The van der Waals surface area contributed by atoms with Gasteiger partial charge in [0.2, 0.25) is 11.8 Å². The van der Waals surface area contributed by atoms with Gasteiger partial charge in [0.05, 0.1) is 6.54 Å². The molecular weight excluding hydrogens is 360 g/mol. The van der Waals surface area contributed by atoms with Crippen molar-refractivity contribution in [1.29, 1.82) is 0 Å². The summed E-state index contributed by atoms with van der Waals surface area (Å²) in [5, 5.41) is 3.00. The maximum Gasteiger partial charge on any atom is 0.227 e. The van der Waals surface area contributed by atoms with Crippen molar-refractivity contribution in [2.75, 3.05) is 10.2 Å². The summed E-state index contributed by atoms with van der Waals surface area (Å²) in [5.41, 5.74) is 5.08. The van der Waals surface area contributed by atoms with Gasteiger partial charge >= 0.3 is 0 Å². The third-order valence-corrected chi connectivity index (χ3v) is 5.23. The van der Waals surface area contributed by atoms with E-state index in [1.165, 1.54) is 0 Å². The van der Waals surface area contributed by atoms with E-state index in [9.17, 15) is 9.59 Å². The van der Waals surface area contributed by atoms with Crippen LogP contribution in [0.4, 0.5) is 11.4 Å². The molecule has 0 unspecified atom stereocenters. The Morgan fingerprint density at radius 1 is 0.862 bits per heavy atom. The number of fused-ring (bicyclic) bond motifs is 1. The van der Waals surface area contributed by atoms with Gasteiger partial charge in [-0.15, -0.1) is 0 Å². The van der Waals surface area contributed by atoms with Crippen molar-refractivity contribution in [1.82, 2.24) is 0 Å². The molecule has 146 valence electrons. The summed E-state index contributed by atoms with van der Waals surface area (Å²) in [7, 11) is 0. The van der Waals surface area contributed by atoms with Crippen molar-refractivity contribution in [3.05, 3.63) is 95.6 Å². The van der Waals surface area contributed by atoms with Gasteiger partial charge < -0.3 is 10.2 Å².